The van der Waals surface area contributed by atoms with E-state index in [9.17, 15) is 12.8 Å². The summed E-state index contributed by atoms with van der Waals surface area (Å²) in [5, 5.41) is 4.19. The van der Waals surface area contributed by atoms with Crippen LogP contribution in [-0.2, 0) is 10.0 Å². The molecule has 0 amide bonds. The molecule has 1 saturated carbocycles. The highest BCUT2D eigenvalue weighted by Gasteiger charge is 2.30. The van der Waals surface area contributed by atoms with E-state index in [0.29, 0.717) is 43.3 Å². The van der Waals surface area contributed by atoms with Crippen LogP contribution in [0, 0.1) is 11.7 Å². The minimum atomic E-state index is -3.67. The van der Waals surface area contributed by atoms with E-state index in [0.717, 1.165) is 12.5 Å². The number of nitrogens with one attached hydrogen (secondary N) is 1. The lowest BCUT2D eigenvalue weighted by Gasteiger charge is -2.38. The molecule has 26 heavy (non-hydrogen) atoms. The molecule has 1 aliphatic heterocycles. The molecule has 144 valence electrons. The number of piperazine rings is 1. The van der Waals surface area contributed by atoms with Crippen molar-refractivity contribution in [3.05, 3.63) is 30.1 Å². The highest BCUT2D eigenvalue weighted by Crippen LogP contribution is 2.24. The molecule has 2 atom stereocenters. The van der Waals surface area contributed by atoms with Crippen molar-refractivity contribution < 1.29 is 12.8 Å². The predicted molar refractivity (Wildman–Crippen MR) is 104 cm³/mol. The van der Waals surface area contributed by atoms with Crippen LogP contribution >= 0.6 is 12.2 Å². The van der Waals surface area contributed by atoms with Crippen molar-refractivity contribution in [1.29, 1.82) is 0 Å². The summed E-state index contributed by atoms with van der Waals surface area (Å²) in [4.78, 5) is 2.04. The van der Waals surface area contributed by atoms with Gasteiger partial charge in [-0.3, -0.25) is 0 Å². The summed E-state index contributed by atoms with van der Waals surface area (Å²) < 4.78 is 40.1. The average Bonchev–Trinajstić information content (AvgIpc) is 2.63. The molecule has 0 radical (unpaired) electrons. The first kappa shape index (κ1) is 19.5. The van der Waals surface area contributed by atoms with Gasteiger partial charge in [-0.1, -0.05) is 25.8 Å². The van der Waals surface area contributed by atoms with Gasteiger partial charge in [-0.05, 0) is 49.2 Å². The summed E-state index contributed by atoms with van der Waals surface area (Å²) in [7, 11) is -3.67. The standard InChI is InChI=1S/C18H26FN3O2S2/c1-14-5-2-3-8-17(14)20-18(25)21-9-11-22(12-10-21)26(23,24)16-7-4-6-15(19)13-16/h4,6-7,13-14,17H,2-3,5,8-12H2,1H3,(H,20,25)/t14-,17-/m1/s1. The third kappa shape index (κ3) is 4.35. The summed E-state index contributed by atoms with van der Waals surface area (Å²) in [5.74, 6) is 0.0630. The second kappa shape index (κ2) is 8.19. The number of hydrogen-bond acceptors (Lipinski definition) is 3. The zero-order valence-corrected chi connectivity index (χ0v) is 16.7. The molecule has 3 rings (SSSR count). The molecule has 1 saturated heterocycles. The fraction of sp³-hybridized carbons (Fsp3) is 0.611. The summed E-state index contributed by atoms with van der Waals surface area (Å²) in [6, 6.07) is 5.57. The molecule has 5 nitrogen and oxygen atoms in total. The van der Waals surface area contributed by atoms with Gasteiger partial charge in [0, 0.05) is 32.2 Å². The third-order valence-electron chi connectivity index (χ3n) is 5.38. The lowest BCUT2D eigenvalue weighted by molar-refractivity contribution is 0.251. The van der Waals surface area contributed by atoms with Crippen LogP contribution in [0.15, 0.2) is 29.2 Å². The van der Waals surface area contributed by atoms with E-state index in [4.69, 9.17) is 12.2 Å². The van der Waals surface area contributed by atoms with Gasteiger partial charge in [-0.2, -0.15) is 4.31 Å². The fourth-order valence-electron chi connectivity index (χ4n) is 3.69. The lowest BCUT2D eigenvalue weighted by atomic mass is 9.86. The van der Waals surface area contributed by atoms with E-state index in [1.807, 2.05) is 4.90 Å². The van der Waals surface area contributed by atoms with Crippen molar-refractivity contribution in [3.8, 4) is 0 Å². The normalized spacial score (nSPS) is 25.1. The largest absolute Gasteiger partial charge is 0.360 e. The predicted octanol–water partition coefficient (Wildman–Crippen LogP) is 2.59. The van der Waals surface area contributed by atoms with Crippen molar-refractivity contribution in [1.82, 2.24) is 14.5 Å². The molecule has 1 N–H and O–H groups in total. The average molecular weight is 400 g/mol. The number of hydrogen-bond donors (Lipinski definition) is 1. The Labute approximate surface area is 160 Å². The van der Waals surface area contributed by atoms with E-state index in [1.54, 1.807) is 0 Å². The Hall–Kier alpha value is -1.25. The number of nitrogens with zero attached hydrogens (tertiary/aromatic N) is 2. The zero-order valence-electron chi connectivity index (χ0n) is 15.0. The molecule has 8 heteroatoms. The molecule has 0 unspecified atom stereocenters. The van der Waals surface area contributed by atoms with Crippen LogP contribution in [-0.4, -0.2) is 55.0 Å². The van der Waals surface area contributed by atoms with Crippen molar-refractivity contribution >= 4 is 27.4 Å². The van der Waals surface area contributed by atoms with Crippen molar-refractivity contribution in [2.75, 3.05) is 26.2 Å². The minimum Gasteiger partial charge on any atom is -0.360 e. The number of rotatable bonds is 3. The first-order valence-corrected chi connectivity index (χ1v) is 11.0. The van der Waals surface area contributed by atoms with Crippen molar-refractivity contribution in [2.45, 2.75) is 43.5 Å². The number of halogens is 1. The Bertz CT molecular complexity index is 749. The van der Waals surface area contributed by atoms with E-state index in [1.165, 1.54) is 41.8 Å². The molecule has 2 fully saturated rings. The highest BCUT2D eigenvalue weighted by atomic mass is 32.2. The van der Waals surface area contributed by atoms with E-state index >= 15 is 0 Å². The molecular weight excluding hydrogens is 373 g/mol. The van der Waals surface area contributed by atoms with E-state index < -0.39 is 15.8 Å². The maximum Gasteiger partial charge on any atom is 0.243 e. The second-order valence-corrected chi connectivity index (χ2v) is 9.49. The monoisotopic (exact) mass is 399 g/mol. The molecule has 1 aliphatic carbocycles. The molecular formula is C18H26FN3O2S2. The molecule has 1 aromatic rings. The summed E-state index contributed by atoms with van der Waals surface area (Å²) >= 11 is 5.55. The van der Waals surface area contributed by atoms with Crippen LogP contribution in [0.1, 0.15) is 32.6 Å². The third-order valence-corrected chi connectivity index (χ3v) is 7.65. The van der Waals surface area contributed by atoms with Crippen LogP contribution < -0.4 is 5.32 Å². The minimum absolute atomic E-state index is 0.00248. The van der Waals surface area contributed by atoms with Crippen molar-refractivity contribution in [3.63, 3.8) is 0 Å². The molecule has 2 aliphatic rings. The van der Waals surface area contributed by atoms with Gasteiger partial charge in [0.15, 0.2) is 5.11 Å². The first-order valence-electron chi connectivity index (χ1n) is 9.19. The van der Waals surface area contributed by atoms with Crippen molar-refractivity contribution in [2.24, 2.45) is 5.92 Å². The quantitative estimate of drug-likeness (QED) is 0.792. The van der Waals surface area contributed by atoms with Crippen LogP contribution in [0.2, 0.25) is 0 Å². The van der Waals surface area contributed by atoms with Crippen LogP contribution in [0.4, 0.5) is 4.39 Å². The van der Waals surface area contributed by atoms with Crippen LogP contribution in [0.5, 0.6) is 0 Å². The second-order valence-electron chi connectivity index (χ2n) is 7.17. The molecule has 0 aromatic heterocycles. The Morgan fingerprint density at radius 1 is 1.19 bits per heavy atom. The maximum atomic E-state index is 13.4. The Kier molecular flexibility index (Phi) is 6.14. The molecule has 1 heterocycles. The number of thiocarbonyl (C=S) groups is 1. The van der Waals surface area contributed by atoms with Gasteiger partial charge in [0.05, 0.1) is 4.90 Å². The first-order chi connectivity index (χ1) is 12.4. The van der Waals surface area contributed by atoms with Gasteiger partial charge < -0.3 is 10.2 Å². The maximum absolute atomic E-state index is 13.4. The lowest BCUT2D eigenvalue weighted by Crippen LogP contribution is -2.55. The van der Waals surface area contributed by atoms with Crippen LogP contribution in [0.25, 0.3) is 0 Å². The summed E-state index contributed by atoms with van der Waals surface area (Å²) in [5.41, 5.74) is 0. The Balaban J connectivity index is 1.57. The Morgan fingerprint density at radius 3 is 2.54 bits per heavy atom. The van der Waals surface area contributed by atoms with Crippen LogP contribution in [0.3, 0.4) is 0 Å². The summed E-state index contributed by atoms with van der Waals surface area (Å²) in [6.45, 7) is 4.04. The Morgan fingerprint density at radius 2 is 1.88 bits per heavy atom. The van der Waals surface area contributed by atoms with Gasteiger partial charge in [0.25, 0.3) is 0 Å². The van der Waals surface area contributed by atoms with Gasteiger partial charge in [-0.25, -0.2) is 12.8 Å². The summed E-state index contributed by atoms with van der Waals surface area (Å²) in [6.07, 6.45) is 4.86. The topological polar surface area (TPSA) is 52.6 Å². The van der Waals surface area contributed by atoms with E-state index in [2.05, 4.69) is 12.2 Å². The zero-order chi connectivity index (χ0) is 18.7. The molecule has 1 aromatic carbocycles. The molecule has 0 spiro atoms. The van der Waals surface area contributed by atoms with Gasteiger partial charge in [0.1, 0.15) is 5.82 Å². The number of benzene rings is 1. The van der Waals surface area contributed by atoms with Gasteiger partial charge in [0.2, 0.25) is 10.0 Å². The van der Waals surface area contributed by atoms with Gasteiger partial charge in [-0.15, -0.1) is 0 Å². The van der Waals surface area contributed by atoms with Gasteiger partial charge >= 0.3 is 0 Å². The van der Waals surface area contributed by atoms with E-state index in [-0.39, 0.29) is 4.90 Å². The highest BCUT2D eigenvalue weighted by molar-refractivity contribution is 7.89. The number of sulfonamides is 1. The SMILES string of the molecule is C[C@@H]1CCCC[C@H]1NC(=S)N1CCN(S(=O)(=O)c2cccc(F)c2)CC1. The molecule has 0 bridgehead atoms. The fourth-order valence-corrected chi connectivity index (χ4v) is 5.48. The smallest absolute Gasteiger partial charge is 0.243 e.